The maximum absolute atomic E-state index is 13.1. The molecular weight excluding hydrogens is 1220 g/mol. The van der Waals surface area contributed by atoms with E-state index in [1.54, 1.807) is 0 Å². The van der Waals surface area contributed by atoms with Gasteiger partial charge in [-0.3, -0.25) is 38.4 Å². The van der Waals surface area contributed by atoms with E-state index in [-0.39, 0.29) is 104 Å². The Morgan fingerprint density at radius 2 is 0.427 bits per heavy atom. The van der Waals surface area contributed by atoms with Crippen molar-refractivity contribution in [2.24, 2.45) is 23.7 Å². The zero-order valence-electron chi connectivity index (χ0n) is 62.8. The summed E-state index contributed by atoms with van der Waals surface area (Å²) in [5, 5.41) is 0. The van der Waals surface area contributed by atoms with Crippen LogP contribution in [0.3, 0.4) is 0 Å². The Labute approximate surface area is 584 Å². The van der Waals surface area contributed by atoms with Crippen molar-refractivity contribution < 1.29 is 76.3 Å². The number of unbranched alkanes of at least 4 members (excludes halogenated alkanes) is 16. The summed E-state index contributed by atoms with van der Waals surface area (Å²) in [5.74, 6) is -2.24. The number of hydrogen-bond acceptors (Lipinski definition) is 19. The van der Waals surface area contributed by atoms with Crippen molar-refractivity contribution in [1.29, 1.82) is 0 Å². The Bertz CT molecular complexity index is 1670. The van der Waals surface area contributed by atoms with Gasteiger partial charge in [-0.05, 0) is 82.1 Å². The molecule has 0 aliphatic rings. The molecule has 0 aromatic heterocycles. The summed E-state index contributed by atoms with van der Waals surface area (Å²) in [5.41, 5.74) is 0. The smallest absolute Gasteiger partial charge is 0.309 e. The first-order valence-electron chi connectivity index (χ1n) is 38.9. The van der Waals surface area contributed by atoms with Crippen LogP contribution in [0.5, 0.6) is 0 Å². The molecule has 0 aromatic rings. The first-order chi connectivity index (χ1) is 46.5. The van der Waals surface area contributed by atoms with Gasteiger partial charge in [0.1, 0.15) is 26.4 Å². The number of hydrogen-bond donors (Lipinski definition) is 0. The van der Waals surface area contributed by atoms with Crippen LogP contribution in [-0.4, -0.2) is 175 Å². The Morgan fingerprint density at radius 3 is 0.635 bits per heavy atom. The number of rotatable bonds is 70. The molecule has 562 valence electrons. The fraction of sp³-hybridized carbons (Fsp3) is 0.896. The highest BCUT2D eigenvalue weighted by Gasteiger charge is 2.21. The molecule has 0 rings (SSSR count). The summed E-state index contributed by atoms with van der Waals surface area (Å²) in [6.45, 7) is 21.4. The zero-order chi connectivity index (χ0) is 70.9. The lowest BCUT2D eigenvalue weighted by Crippen LogP contribution is -2.40. The van der Waals surface area contributed by atoms with Gasteiger partial charge in [-0.15, -0.1) is 0 Å². The summed E-state index contributed by atoms with van der Waals surface area (Å²) in [7, 11) is 1.94. The minimum Gasteiger partial charge on any atom is -0.465 e. The zero-order valence-corrected chi connectivity index (χ0v) is 62.8. The van der Waals surface area contributed by atoms with Crippen LogP contribution in [0.25, 0.3) is 0 Å². The van der Waals surface area contributed by atoms with Gasteiger partial charge >= 0.3 is 47.8 Å². The van der Waals surface area contributed by atoms with Gasteiger partial charge in [-0.1, -0.05) is 209 Å². The summed E-state index contributed by atoms with van der Waals surface area (Å²) in [6, 6.07) is 0. The Kier molecular flexibility index (Phi) is 63.5. The first kappa shape index (κ1) is 91.6. The van der Waals surface area contributed by atoms with Gasteiger partial charge in [0, 0.05) is 52.4 Å². The molecule has 0 saturated heterocycles. The van der Waals surface area contributed by atoms with E-state index in [0.29, 0.717) is 76.3 Å². The molecule has 0 amide bonds. The number of carbonyl (C=O) groups is 8. The van der Waals surface area contributed by atoms with E-state index in [0.717, 1.165) is 154 Å². The monoisotopic (exact) mass is 1370 g/mol. The predicted octanol–water partition coefficient (Wildman–Crippen LogP) is 16.1. The molecule has 0 fully saturated rings. The van der Waals surface area contributed by atoms with E-state index in [4.69, 9.17) is 37.9 Å². The lowest BCUT2D eigenvalue weighted by molar-refractivity contribution is -0.152. The lowest BCUT2D eigenvalue weighted by atomic mass is 9.96. The summed E-state index contributed by atoms with van der Waals surface area (Å²) < 4.78 is 44.6. The molecular formula is C77H143N3O16. The summed E-state index contributed by atoms with van der Waals surface area (Å²) >= 11 is 0. The van der Waals surface area contributed by atoms with Crippen LogP contribution in [0.15, 0.2) is 0 Å². The quantitative estimate of drug-likeness (QED) is 0.0314. The lowest BCUT2D eigenvalue weighted by Gasteiger charge is -2.27. The minimum absolute atomic E-state index is 0.00805. The standard InChI is InChI=1S/C77H143N3O16/c1-10-18-26-30-38-66(34-22-14-5)62-93-74(85)46-58-89-70(81)42-50-79(51-43-71(82)90-59-47-75(86)94-63-67(35-23-15-6)39-31-27-19-11-2)56-54-78(9)55-57-80(52-44-72(83)91-60-48-76(87)95-64-68(36-24-16-7)40-32-28-20-12-3)53-45-73(84)92-61-49-77(88)96-65-69(37-25-17-8)41-33-29-21-13-4/h66-69H,10-65H2,1-9H3. The fourth-order valence-corrected chi connectivity index (χ4v) is 11.5. The van der Waals surface area contributed by atoms with Crippen LogP contribution in [0.2, 0.25) is 0 Å². The Balaban J connectivity index is 5.97. The van der Waals surface area contributed by atoms with Crippen molar-refractivity contribution in [2.75, 3.05) is 112 Å². The molecule has 0 N–H and O–H groups in total. The third-order valence-corrected chi connectivity index (χ3v) is 18.0. The van der Waals surface area contributed by atoms with Gasteiger partial charge < -0.3 is 52.6 Å². The number of carbonyl (C=O) groups excluding carboxylic acids is 8. The van der Waals surface area contributed by atoms with E-state index >= 15 is 0 Å². The van der Waals surface area contributed by atoms with E-state index in [1.165, 1.54) is 51.4 Å². The van der Waals surface area contributed by atoms with Crippen LogP contribution < -0.4 is 0 Å². The van der Waals surface area contributed by atoms with Gasteiger partial charge in [-0.25, -0.2) is 0 Å². The van der Waals surface area contributed by atoms with Gasteiger partial charge in [0.05, 0.1) is 77.8 Å². The van der Waals surface area contributed by atoms with Crippen molar-refractivity contribution in [3.8, 4) is 0 Å². The van der Waals surface area contributed by atoms with Gasteiger partial charge in [0.15, 0.2) is 0 Å². The average molecular weight is 1370 g/mol. The second kappa shape index (κ2) is 66.5. The number of nitrogens with zero attached hydrogens (tertiary/aromatic N) is 3. The average Bonchev–Trinajstić information content (AvgIpc) is 3.78. The topological polar surface area (TPSA) is 220 Å². The predicted molar refractivity (Wildman–Crippen MR) is 382 cm³/mol. The van der Waals surface area contributed by atoms with Crippen molar-refractivity contribution in [3.05, 3.63) is 0 Å². The molecule has 96 heavy (non-hydrogen) atoms. The maximum atomic E-state index is 13.1. The second-order valence-electron chi connectivity index (χ2n) is 27.0. The van der Waals surface area contributed by atoms with Crippen molar-refractivity contribution >= 4 is 47.8 Å². The Hall–Kier alpha value is -4.36. The molecule has 4 atom stereocenters. The van der Waals surface area contributed by atoms with Crippen LogP contribution in [0.1, 0.15) is 312 Å². The van der Waals surface area contributed by atoms with Crippen molar-refractivity contribution in [3.63, 3.8) is 0 Å². The summed E-state index contributed by atoms with van der Waals surface area (Å²) in [6.07, 6.45) is 35.3. The largest absolute Gasteiger partial charge is 0.465 e. The van der Waals surface area contributed by atoms with E-state index in [1.807, 2.05) is 16.8 Å². The summed E-state index contributed by atoms with van der Waals surface area (Å²) in [4.78, 5) is 110. The van der Waals surface area contributed by atoms with E-state index in [9.17, 15) is 38.4 Å². The van der Waals surface area contributed by atoms with Gasteiger partial charge in [-0.2, -0.15) is 0 Å². The van der Waals surface area contributed by atoms with Crippen LogP contribution in [-0.2, 0) is 76.3 Å². The van der Waals surface area contributed by atoms with Crippen molar-refractivity contribution in [1.82, 2.24) is 14.7 Å². The molecule has 0 saturated carbocycles. The number of likely N-dealkylation sites (N-methyl/N-ethyl adjacent to an activating group) is 1. The molecule has 0 heterocycles. The normalized spacial score (nSPS) is 12.7. The molecule has 0 aliphatic heterocycles. The van der Waals surface area contributed by atoms with Crippen LogP contribution >= 0.6 is 0 Å². The highest BCUT2D eigenvalue weighted by atomic mass is 16.6. The van der Waals surface area contributed by atoms with E-state index < -0.39 is 47.8 Å². The van der Waals surface area contributed by atoms with Crippen LogP contribution in [0, 0.1) is 23.7 Å². The van der Waals surface area contributed by atoms with Crippen LogP contribution in [0.4, 0.5) is 0 Å². The fourth-order valence-electron chi connectivity index (χ4n) is 11.5. The number of ether oxygens (including phenoxy) is 8. The Morgan fingerprint density at radius 1 is 0.229 bits per heavy atom. The molecule has 0 radical (unpaired) electrons. The van der Waals surface area contributed by atoms with Gasteiger partial charge in [0.2, 0.25) is 0 Å². The molecule has 0 aliphatic carbocycles. The second-order valence-corrected chi connectivity index (χ2v) is 27.0. The molecule has 0 bridgehead atoms. The molecule has 4 unspecified atom stereocenters. The molecule has 19 heteroatoms. The maximum Gasteiger partial charge on any atom is 0.309 e. The highest BCUT2D eigenvalue weighted by Crippen LogP contribution is 2.22. The van der Waals surface area contributed by atoms with Crippen molar-refractivity contribution in [2.45, 2.75) is 312 Å². The van der Waals surface area contributed by atoms with Gasteiger partial charge in [0.25, 0.3) is 0 Å². The number of esters is 8. The third-order valence-electron chi connectivity index (χ3n) is 18.0. The van der Waals surface area contributed by atoms with E-state index in [2.05, 4.69) is 60.3 Å². The first-order valence-corrected chi connectivity index (χ1v) is 38.9. The minimum atomic E-state index is -0.483. The highest BCUT2D eigenvalue weighted by molar-refractivity contribution is 5.74. The molecule has 0 spiro atoms. The molecule has 0 aromatic carbocycles. The molecule has 19 nitrogen and oxygen atoms in total. The SMILES string of the molecule is CCCCCCC(CCCC)COC(=O)CCOC(=O)CCN(CCC(=O)OCCC(=O)OCC(CCCC)CCCCCC)CCN(C)CCN(CCC(=O)OCCC(=O)OCC(CCCC)CCCCCC)CCC(=O)OCCC(=O)OCC(CCCC)CCCCCC. The third kappa shape index (κ3) is 58.6.